The van der Waals surface area contributed by atoms with Crippen LogP contribution < -0.4 is 10.2 Å². The van der Waals surface area contributed by atoms with E-state index in [4.69, 9.17) is 23.2 Å². The maximum Gasteiger partial charge on any atom is 0.256 e. The molecule has 2 aromatic carbocycles. The summed E-state index contributed by atoms with van der Waals surface area (Å²) in [4.78, 5) is 25.8. The molecule has 0 aliphatic carbocycles. The largest absolute Gasteiger partial charge is 0.373 e. The van der Waals surface area contributed by atoms with Crippen molar-refractivity contribution in [2.75, 3.05) is 10.2 Å². The number of amides is 2. The summed E-state index contributed by atoms with van der Waals surface area (Å²) >= 11 is 11.7. The van der Waals surface area contributed by atoms with Crippen LogP contribution in [0.25, 0.3) is 0 Å². The molecular formula is C16H12Cl2N2O2. The molecule has 1 unspecified atom stereocenters. The number of hydrogen-bond acceptors (Lipinski definition) is 3. The van der Waals surface area contributed by atoms with Gasteiger partial charge in [-0.3, -0.25) is 9.59 Å². The van der Waals surface area contributed by atoms with Crippen LogP contribution in [-0.4, -0.2) is 17.9 Å². The molecule has 1 saturated heterocycles. The van der Waals surface area contributed by atoms with Gasteiger partial charge in [-0.15, -0.1) is 0 Å². The van der Waals surface area contributed by atoms with Gasteiger partial charge in [0.1, 0.15) is 6.04 Å². The van der Waals surface area contributed by atoms with Crippen LogP contribution in [0.3, 0.4) is 0 Å². The van der Waals surface area contributed by atoms with Gasteiger partial charge in [-0.25, -0.2) is 4.90 Å². The molecule has 4 nitrogen and oxygen atoms in total. The van der Waals surface area contributed by atoms with Gasteiger partial charge in [0.25, 0.3) is 5.91 Å². The van der Waals surface area contributed by atoms with Gasteiger partial charge in [0.2, 0.25) is 5.91 Å². The first-order chi connectivity index (χ1) is 10.5. The lowest BCUT2D eigenvalue weighted by Gasteiger charge is -2.16. The standard InChI is InChI=1S/C16H12Cl2N2O2/c17-10-4-6-13(7-5-10)20-15(21)9-14(16(20)22)19-12-3-1-2-11(18)8-12/h1-8,14,19H,9H2. The lowest BCUT2D eigenvalue weighted by atomic mass is 10.2. The van der Waals surface area contributed by atoms with E-state index in [1.165, 1.54) is 4.90 Å². The summed E-state index contributed by atoms with van der Waals surface area (Å²) in [7, 11) is 0. The lowest BCUT2D eigenvalue weighted by molar-refractivity contribution is -0.121. The van der Waals surface area contributed by atoms with Gasteiger partial charge in [-0.05, 0) is 42.5 Å². The first kappa shape index (κ1) is 14.9. The molecule has 1 heterocycles. The maximum atomic E-state index is 12.5. The Morgan fingerprint density at radius 1 is 1.00 bits per heavy atom. The summed E-state index contributed by atoms with van der Waals surface area (Å²) < 4.78 is 0. The Bertz CT molecular complexity index is 731. The molecule has 22 heavy (non-hydrogen) atoms. The molecular weight excluding hydrogens is 323 g/mol. The van der Waals surface area contributed by atoms with Crippen molar-refractivity contribution in [1.82, 2.24) is 0 Å². The zero-order valence-corrected chi connectivity index (χ0v) is 12.9. The Morgan fingerprint density at radius 3 is 2.41 bits per heavy atom. The second-order valence-electron chi connectivity index (χ2n) is 4.96. The van der Waals surface area contributed by atoms with Gasteiger partial charge in [0.05, 0.1) is 12.1 Å². The van der Waals surface area contributed by atoms with E-state index in [0.717, 1.165) is 0 Å². The van der Waals surface area contributed by atoms with E-state index in [-0.39, 0.29) is 18.2 Å². The Morgan fingerprint density at radius 2 is 1.73 bits per heavy atom. The van der Waals surface area contributed by atoms with Crippen LogP contribution in [-0.2, 0) is 9.59 Å². The zero-order valence-electron chi connectivity index (χ0n) is 11.4. The van der Waals surface area contributed by atoms with E-state index in [1.807, 2.05) is 0 Å². The van der Waals surface area contributed by atoms with Gasteiger partial charge in [0, 0.05) is 15.7 Å². The Labute approximate surface area is 137 Å². The predicted molar refractivity (Wildman–Crippen MR) is 87.4 cm³/mol. The smallest absolute Gasteiger partial charge is 0.256 e. The number of hydrogen-bond donors (Lipinski definition) is 1. The number of nitrogens with one attached hydrogen (secondary N) is 1. The number of rotatable bonds is 3. The normalized spacial score (nSPS) is 17.9. The van der Waals surface area contributed by atoms with Gasteiger partial charge in [-0.2, -0.15) is 0 Å². The van der Waals surface area contributed by atoms with Crippen molar-refractivity contribution < 1.29 is 9.59 Å². The third-order valence-corrected chi connectivity index (χ3v) is 3.88. The number of halogens is 2. The van der Waals surface area contributed by atoms with Crippen LogP contribution in [0.4, 0.5) is 11.4 Å². The summed E-state index contributed by atoms with van der Waals surface area (Å²) in [5, 5.41) is 4.17. The fraction of sp³-hybridized carbons (Fsp3) is 0.125. The van der Waals surface area contributed by atoms with E-state index in [1.54, 1.807) is 48.5 Å². The van der Waals surface area contributed by atoms with Gasteiger partial charge < -0.3 is 5.32 Å². The summed E-state index contributed by atoms with van der Waals surface area (Å²) in [6.07, 6.45) is 0.105. The minimum Gasteiger partial charge on any atom is -0.373 e. The van der Waals surface area contributed by atoms with E-state index >= 15 is 0 Å². The topological polar surface area (TPSA) is 49.4 Å². The van der Waals surface area contributed by atoms with Gasteiger partial charge >= 0.3 is 0 Å². The summed E-state index contributed by atoms with van der Waals surface area (Å²) in [6.45, 7) is 0. The first-order valence-corrected chi connectivity index (χ1v) is 7.44. The Kier molecular flexibility index (Phi) is 4.05. The van der Waals surface area contributed by atoms with E-state index in [0.29, 0.717) is 21.4 Å². The van der Waals surface area contributed by atoms with Crippen molar-refractivity contribution in [2.24, 2.45) is 0 Å². The average Bonchev–Trinajstić information content (AvgIpc) is 2.75. The molecule has 1 aliphatic rings. The molecule has 0 spiro atoms. The highest BCUT2D eigenvalue weighted by Crippen LogP contribution is 2.26. The molecule has 1 N–H and O–H groups in total. The van der Waals surface area contributed by atoms with Crippen LogP contribution in [0.5, 0.6) is 0 Å². The Hall–Kier alpha value is -2.04. The highest BCUT2D eigenvalue weighted by molar-refractivity contribution is 6.31. The number of imide groups is 1. The van der Waals surface area contributed by atoms with Crippen molar-refractivity contribution in [1.29, 1.82) is 0 Å². The SMILES string of the molecule is O=C1CC(Nc2cccc(Cl)c2)C(=O)N1c1ccc(Cl)cc1. The number of nitrogens with zero attached hydrogens (tertiary/aromatic N) is 1. The molecule has 112 valence electrons. The van der Waals surface area contributed by atoms with Crippen molar-refractivity contribution in [3.05, 3.63) is 58.6 Å². The molecule has 3 rings (SSSR count). The summed E-state index contributed by atoms with van der Waals surface area (Å²) in [5.74, 6) is -0.529. The predicted octanol–water partition coefficient (Wildman–Crippen LogP) is 3.74. The van der Waals surface area contributed by atoms with Crippen LogP contribution in [0, 0.1) is 0 Å². The molecule has 0 saturated carbocycles. The molecule has 1 aliphatic heterocycles. The monoisotopic (exact) mass is 334 g/mol. The van der Waals surface area contributed by atoms with Crippen LogP contribution in [0.15, 0.2) is 48.5 Å². The Balaban J connectivity index is 1.81. The molecule has 6 heteroatoms. The minimum atomic E-state index is -0.596. The molecule has 0 bridgehead atoms. The third kappa shape index (κ3) is 2.93. The molecule has 0 aromatic heterocycles. The summed E-state index contributed by atoms with van der Waals surface area (Å²) in [6, 6.07) is 13.0. The fourth-order valence-electron chi connectivity index (χ4n) is 2.39. The average molecular weight is 335 g/mol. The van der Waals surface area contributed by atoms with Crippen LogP contribution >= 0.6 is 23.2 Å². The first-order valence-electron chi connectivity index (χ1n) is 6.69. The van der Waals surface area contributed by atoms with Crippen molar-refractivity contribution in [3.8, 4) is 0 Å². The highest BCUT2D eigenvalue weighted by Gasteiger charge is 2.39. The number of anilines is 2. The number of carbonyl (C=O) groups is 2. The van der Waals surface area contributed by atoms with Crippen LogP contribution in [0.1, 0.15) is 6.42 Å². The highest BCUT2D eigenvalue weighted by atomic mass is 35.5. The molecule has 2 aromatic rings. The second kappa shape index (κ2) is 5.99. The van der Waals surface area contributed by atoms with Gasteiger partial charge in [0.15, 0.2) is 0 Å². The third-order valence-electron chi connectivity index (χ3n) is 3.40. The van der Waals surface area contributed by atoms with Crippen molar-refractivity contribution in [2.45, 2.75) is 12.5 Å². The van der Waals surface area contributed by atoms with E-state index < -0.39 is 6.04 Å². The quantitative estimate of drug-likeness (QED) is 0.870. The van der Waals surface area contributed by atoms with E-state index in [2.05, 4.69) is 5.32 Å². The van der Waals surface area contributed by atoms with Crippen LogP contribution in [0.2, 0.25) is 10.0 Å². The van der Waals surface area contributed by atoms with E-state index in [9.17, 15) is 9.59 Å². The molecule has 1 fully saturated rings. The lowest BCUT2D eigenvalue weighted by Crippen LogP contribution is -2.34. The molecule has 2 amide bonds. The molecule has 0 radical (unpaired) electrons. The van der Waals surface area contributed by atoms with Crippen molar-refractivity contribution in [3.63, 3.8) is 0 Å². The van der Waals surface area contributed by atoms with Gasteiger partial charge in [-0.1, -0.05) is 29.3 Å². The number of carbonyl (C=O) groups excluding carboxylic acids is 2. The molecule has 1 atom stereocenters. The number of benzene rings is 2. The minimum absolute atomic E-state index is 0.105. The zero-order chi connectivity index (χ0) is 15.7. The fourth-order valence-corrected chi connectivity index (χ4v) is 2.70. The summed E-state index contributed by atoms with van der Waals surface area (Å²) in [5.41, 5.74) is 1.23. The maximum absolute atomic E-state index is 12.5. The van der Waals surface area contributed by atoms with Crippen molar-refractivity contribution >= 4 is 46.4 Å². The second-order valence-corrected chi connectivity index (χ2v) is 5.83.